The van der Waals surface area contributed by atoms with Crippen LogP contribution >= 0.6 is 0 Å². The standard InChI is InChI=1S/C26H22FN9O/c1-36(2)26(37)32-20-9-18(11-28-12-20)17-6-7-22(35-31-15-30-10-17)25-33-23-14-29-13-21(24(23)34-25)16-4-3-5-19(27)8-16/h3-15,35H,1-2H3,(H,32,37)(H,33,34). The number of amides is 2. The van der Waals surface area contributed by atoms with Crippen molar-refractivity contribution in [3.8, 4) is 33.8 Å². The van der Waals surface area contributed by atoms with Crippen molar-refractivity contribution in [3.63, 3.8) is 0 Å². The molecule has 2 amide bonds. The Morgan fingerprint density at radius 2 is 1.76 bits per heavy atom. The molecule has 3 N–H and O–H groups in total. The first-order valence-corrected chi connectivity index (χ1v) is 11.2. The maximum Gasteiger partial charge on any atom is 0.321 e. The van der Waals surface area contributed by atoms with Gasteiger partial charge in [-0.3, -0.25) is 15.1 Å². The average Bonchev–Trinajstić information content (AvgIpc) is 3.37. The number of urea groups is 1. The molecule has 10 nitrogen and oxygen atoms in total. The van der Waals surface area contributed by atoms with Gasteiger partial charge in [-0.25, -0.2) is 19.2 Å². The molecule has 0 spiro atoms. The number of hydrogen-bond donors (Lipinski definition) is 3. The van der Waals surface area contributed by atoms with E-state index in [0.29, 0.717) is 39.4 Å². The summed E-state index contributed by atoms with van der Waals surface area (Å²) in [4.78, 5) is 34.2. The van der Waals surface area contributed by atoms with Crippen LogP contribution in [0.3, 0.4) is 0 Å². The zero-order valence-corrected chi connectivity index (χ0v) is 20.0. The van der Waals surface area contributed by atoms with Gasteiger partial charge in [0.2, 0.25) is 0 Å². The second kappa shape index (κ2) is 10.2. The van der Waals surface area contributed by atoms with Crippen LogP contribution in [0.2, 0.25) is 0 Å². The average molecular weight is 496 g/mol. The Morgan fingerprint density at radius 3 is 2.59 bits per heavy atom. The summed E-state index contributed by atoms with van der Waals surface area (Å²) in [6.07, 6.45) is 9.59. The zero-order valence-electron chi connectivity index (χ0n) is 20.0. The number of nitrogens with zero attached hydrogens (tertiary/aromatic N) is 6. The fraction of sp³-hybridized carbons (Fsp3) is 0.0769. The molecule has 0 saturated heterocycles. The van der Waals surface area contributed by atoms with E-state index in [0.717, 1.165) is 11.1 Å². The molecule has 0 aliphatic rings. The van der Waals surface area contributed by atoms with E-state index in [2.05, 4.69) is 35.5 Å². The van der Waals surface area contributed by atoms with Crippen molar-refractivity contribution in [2.45, 2.75) is 0 Å². The SMILES string of the molecule is CN(C)C(=O)Nc1cncc(-c2ccc(-c3nc4c(-c5cccc(F)c5)cncc4[nH]3)[nH]ncnc2)c1. The monoisotopic (exact) mass is 495 g/mol. The highest BCUT2D eigenvalue weighted by atomic mass is 19.1. The van der Waals surface area contributed by atoms with E-state index in [-0.39, 0.29) is 11.8 Å². The molecule has 5 aromatic rings. The third-order valence-corrected chi connectivity index (χ3v) is 5.47. The molecule has 0 bridgehead atoms. The van der Waals surface area contributed by atoms with E-state index in [1.54, 1.807) is 57.2 Å². The summed E-state index contributed by atoms with van der Waals surface area (Å²) in [5, 5.41) is 9.87. The van der Waals surface area contributed by atoms with Crippen LogP contribution in [-0.2, 0) is 0 Å². The lowest BCUT2D eigenvalue weighted by molar-refractivity contribution is 0.230. The first-order chi connectivity index (χ1) is 18.0. The molecule has 0 fully saturated rings. The number of hydrogen-bond acceptors (Lipinski definition) is 6. The molecule has 1 aromatic carbocycles. The normalized spacial score (nSPS) is 10.7. The molecular formula is C26H22FN9O. The molecule has 0 aliphatic heterocycles. The van der Waals surface area contributed by atoms with E-state index < -0.39 is 0 Å². The summed E-state index contributed by atoms with van der Waals surface area (Å²) < 4.78 is 13.8. The number of anilines is 1. The first-order valence-electron chi connectivity index (χ1n) is 11.2. The van der Waals surface area contributed by atoms with Gasteiger partial charge in [-0.05, 0) is 29.8 Å². The van der Waals surface area contributed by atoms with Crippen molar-refractivity contribution >= 4 is 22.8 Å². The molecule has 4 aromatic heterocycles. The summed E-state index contributed by atoms with van der Waals surface area (Å²) in [5.41, 5.74) is 5.33. The Balaban J connectivity index is 1.55. The Morgan fingerprint density at radius 1 is 0.919 bits per heavy atom. The van der Waals surface area contributed by atoms with Crippen LogP contribution in [0.4, 0.5) is 14.9 Å². The maximum absolute atomic E-state index is 13.8. The summed E-state index contributed by atoms with van der Waals surface area (Å²) >= 11 is 0. The Kier molecular flexibility index (Phi) is 6.49. The van der Waals surface area contributed by atoms with Crippen molar-refractivity contribution in [1.82, 2.24) is 40.0 Å². The second-order valence-electron chi connectivity index (χ2n) is 8.30. The summed E-state index contributed by atoms with van der Waals surface area (Å²) in [7, 11) is 3.32. The lowest BCUT2D eigenvalue weighted by atomic mass is 10.1. The molecule has 184 valence electrons. The molecule has 11 heteroatoms. The lowest BCUT2D eigenvalue weighted by Gasteiger charge is -2.12. The molecule has 5 rings (SSSR count). The highest BCUT2D eigenvalue weighted by Crippen LogP contribution is 2.29. The van der Waals surface area contributed by atoms with Gasteiger partial charge in [0.1, 0.15) is 12.1 Å². The lowest BCUT2D eigenvalue weighted by Crippen LogP contribution is -2.27. The smallest absolute Gasteiger partial charge is 0.321 e. The van der Waals surface area contributed by atoms with E-state index in [1.807, 2.05) is 18.2 Å². The molecule has 0 saturated carbocycles. The topological polar surface area (TPSA) is 128 Å². The summed E-state index contributed by atoms with van der Waals surface area (Å²) in [5.74, 6) is 0.179. The molecule has 0 unspecified atom stereocenters. The van der Waals surface area contributed by atoms with E-state index >= 15 is 0 Å². The van der Waals surface area contributed by atoms with Crippen LogP contribution in [0, 0.1) is 5.82 Å². The minimum absolute atomic E-state index is 0.258. The third kappa shape index (κ3) is 5.25. The number of nitrogens with one attached hydrogen (secondary N) is 3. The molecule has 0 atom stereocenters. The third-order valence-electron chi connectivity index (χ3n) is 5.47. The van der Waals surface area contributed by atoms with Crippen molar-refractivity contribution in [2.24, 2.45) is 0 Å². The van der Waals surface area contributed by atoms with Gasteiger partial charge < -0.3 is 15.2 Å². The number of carbonyl (C=O) groups is 1. The number of aromatic amines is 2. The van der Waals surface area contributed by atoms with Crippen molar-refractivity contribution in [1.29, 1.82) is 0 Å². The van der Waals surface area contributed by atoms with Crippen LogP contribution in [0.25, 0.3) is 44.8 Å². The number of H-pyrrole nitrogens is 2. The number of rotatable bonds is 4. The molecular weight excluding hydrogens is 473 g/mol. The number of imidazole rings is 1. The minimum atomic E-state index is -0.335. The second-order valence-corrected chi connectivity index (χ2v) is 8.30. The summed E-state index contributed by atoms with van der Waals surface area (Å²) in [6.45, 7) is 0. The van der Waals surface area contributed by atoms with E-state index in [9.17, 15) is 9.18 Å². The van der Waals surface area contributed by atoms with Gasteiger partial charge in [0.25, 0.3) is 0 Å². The van der Waals surface area contributed by atoms with Gasteiger partial charge in [0.15, 0.2) is 5.82 Å². The fourth-order valence-corrected chi connectivity index (χ4v) is 3.63. The highest BCUT2D eigenvalue weighted by molar-refractivity contribution is 5.92. The van der Waals surface area contributed by atoms with Crippen LogP contribution in [0.15, 0.2) is 79.8 Å². The van der Waals surface area contributed by atoms with Gasteiger partial charge >= 0.3 is 6.03 Å². The van der Waals surface area contributed by atoms with Gasteiger partial charge in [-0.2, -0.15) is 5.10 Å². The predicted octanol–water partition coefficient (Wildman–Crippen LogP) is 4.83. The van der Waals surface area contributed by atoms with Crippen molar-refractivity contribution < 1.29 is 9.18 Å². The largest absolute Gasteiger partial charge is 0.335 e. The predicted molar refractivity (Wildman–Crippen MR) is 138 cm³/mol. The van der Waals surface area contributed by atoms with Crippen LogP contribution in [-0.4, -0.2) is 60.1 Å². The molecule has 0 aliphatic carbocycles. The van der Waals surface area contributed by atoms with Crippen LogP contribution < -0.4 is 5.32 Å². The van der Waals surface area contributed by atoms with Gasteiger partial charge in [0.05, 0.1) is 34.8 Å². The minimum Gasteiger partial charge on any atom is -0.335 e. The number of pyridine rings is 2. The van der Waals surface area contributed by atoms with Gasteiger partial charge in [-0.15, -0.1) is 0 Å². The Bertz CT molecular complexity index is 1640. The molecule has 0 radical (unpaired) electrons. The number of fused-ring (bicyclic) bond motifs is 1. The van der Waals surface area contributed by atoms with Crippen LogP contribution in [0.1, 0.15) is 0 Å². The Hall–Kier alpha value is -5.19. The first kappa shape index (κ1) is 23.5. The number of aromatic nitrogens is 7. The molecule has 37 heavy (non-hydrogen) atoms. The van der Waals surface area contributed by atoms with E-state index in [4.69, 9.17) is 4.98 Å². The quantitative estimate of drug-likeness (QED) is 0.328. The van der Waals surface area contributed by atoms with Gasteiger partial charge in [0, 0.05) is 49.4 Å². The highest BCUT2D eigenvalue weighted by Gasteiger charge is 2.12. The molecule has 4 heterocycles. The van der Waals surface area contributed by atoms with Crippen molar-refractivity contribution in [2.75, 3.05) is 19.4 Å². The van der Waals surface area contributed by atoms with Crippen molar-refractivity contribution in [3.05, 3.63) is 85.6 Å². The Labute approximate surface area is 211 Å². The maximum atomic E-state index is 13.8. The van der Waals surface area contributed by atoms with Gasteiger partial charge in [-0.1, -0.05) is 18.2 Å². The van der Waals surface area contributed by atoms with Crippen LogP contribution in [0.5, 0.6) is 0 Å². The number of benzene rings is 1. The fourth-order valence-electron chi connectivity index (χ4n) is 3.63. The number of halogens is 1. The zero-order chi connectivity index (χ0) is 25.8. The summed E-state index contributed by atoms with van der Waals surface area (Å²) in [6, 6.07) is 11.5. The van der Waals surface area contributed by atoms with E-state index in [1.165, 1.54) is 23.4 Å². The number of carbonyl (C=O) groups excluding carboxylic acids is 1.